The Morgan fingerprint density at radius 1 is 1.31 bits per heavy atom. The topological polar surface area (TPSA) is 92.9 Å². The number of nitrogens with one attached hydrogen (secondary N) is 1. The second-order valence-corrected chi connectivity index (χ2v) is 6.87. The molecule has 1 N–H and O–H groups in total. The molecule has 3 aromatic rings. The van der Waals surface area contributed by atoms with Gasteiger partial charge in [0.2, 0.25) is 0 Å². The van der Waals surface area contributed by atoms with Gasteiger partial charge in [0.15, 0.2) is 5.82 Å². The van der Waals surface area contributed by atoms with Crippen LogP contribution in [0.25, 0.3) is 0 Å². The van der Waals surface area contributed by atoms with Crippen molar-refractivity contribution >= 4 is 34.2 Å². The highest BCUT2D eigenvalue weighted by atomic mass is 127. The maximum Gasteiger partial charge on any atom is 0.343 e. The lowest BCUT2D eigenvalue weighted by molar-refractivity contribution is 0.289. The molecular formula is C17H12ClIN4O3. The summed E-state index contributed by atoms with van der Waals surface area (Å²) < 4.78 is 13.8. The summed E-state index contributed by atoms with van der Waals surface area (Å²) >= 11 is 8.14. The number of hydrogen-bond acceptors (Lipinski definition) is 5. The van der Waals surface area contributed by atoms with Gasteiger partial charge in [-0.25, -0.2) is 9.89 Å². The van der Waals surface area contributed by atoms with Gasteiger partial charge < -0.3 is 9.47 Å². The zero-order valence-electron chi connectivity index (χ0n) is 13.5. The fraction of sp³-hybridized carbons (Fsp3) is 0.118. The first-order valence-electron chi connectivity index (χ1n) is 7.37. The summed E-state index contributed by atoms with van der Waals surface area (Å²) in [4.78, 5) is 11.4. The number of halogens is 2. The Kier molecular flexibility index (Phi) is 5.49. The Morgan fingerprint density at radius 2 is 2.12 bits per heavy atom. The first kappa shape index (κ1) is 18.3. The summed E-state index contributed by atoms with van der Waals surface area (Å²) in [6.45, 7) is 0.130. The molecule has 0 unspecified atom stereocenters. The average molecular weight is 483 g/mol. The van der Waals surface area contributed by atoms with Crippen molar-refractivity contribution in [1.82, 2.24) is 14.8 Å². The highest BCUT2D eigenvalue weighted by Crippen LogP contribution is 2.32. The first-order chi connectivity index (χ1) is 12.5. The molecule has 132 valence electrons. The molecule has 0 radical (unpaired) electrons. The largest absolute Gasteiger partial charge is 0.485 e. The van der Waals surface area contributed by atoms with Gasteiger partial charge in [-0.15, -0.1) is 0 Å². The molecule has 0 amide bonds. The van der Waals surface area contributed by atoms with Crippen LogP contribution in [0.15, 0.2) is 41.2 Å². The van der Waals surface area contributed by atoms with Crippen LogP contribution < -0.4 is 15.2 Å². The maximum absolute atomic E-state index is 11.4. The van der Waals surface area contributed by atoms with Crippen molar-refractivity contribution in [1.29, 1.82) is 5.26 Å². The molecule has 0 aliphatic rings. The van der Waals surface area contributed by atoms with Crippen LogP contribution in [0.4, 0.5) is 0 Å². The van der Waals surface area contributed by atoms with E-state index in [0.717, 1.165) is 3.57 Å². The minimum absolute atomic E-state index is 0.130. The van der Waals surface area contributed by atoms with E-state index in [4.69, 9.17) is 26.3 Å². The fourth-order valence-electron chi connectivity index (χ4n) is 2.12. The van der Waals surface area contributed by atoms with Crippen molar-refractivity contribution < 1.29 is 9.47 Å². The highest BCUT2D eigenvalue weighted by Gasteiger charge is 2.09. The highest BCUT2D eigenvalue weighted by molar-refractivity contribution is 14.1. The summed E-state index contributed by atoms with van der Waals surface area (Å²) in [5.41, 5.74) is 0.110. The van der Waals surface area contributed by atoms with Crippen molar-refractivity contribution in [2.24, 2.45) is 7.05 Å². The lowest BCUT2D eigenvalue weighted by Crippen LogP contribution is -2.15. The smallest absolute Gasteiger partial charge is 0.343 e. The Bertz CT molecular complexity index is 1050. The molecular weight excluding hydrogens is 471 g/mol. The molecule has 9 heteroatoms. The maximum atomic E-state index is 11.4. The Morgan fingerprint density at radius 3 is 2.81 bits per heavy atom. The van der Waals surface area contributed by atoms with E-state index in [1.54, 1.807) is 37.4 Å². The van der Waals surface area contributed by atoms with Crippen LogP contribution in [-0.4, -0.2) is 14.8 Å². The number of nitriles is 1. The number of nitrogens with zero attached hydrogens (tertiary/aromatic N) is 3. The van der Waals surface area contributed by atoms with Gasteiger partial charge in [-0.05, 0) is 52.9 Å². The number of aromatic nitrogens is 3. The minimum atomic E-state index is -0.301. The zero-order chi connectivity index (χ0) is 18.7. The lowest BCUT2D eigenvalue weighted by atomic mass is 10.2. The van der Waals surface area contributed by atoms with Crippen LogP contribution in [0.2, 0.25) is 5.02 Å². The van der Waals surface area contributed by atoms with E-state index in [2.05, 4.69) is 32.8 Å². The van der Waals surface area contributed by atoms with Crippen molar-refractivity contribution in [3.63, 3.8) is 0 Å². The van der Waals surface area contributed by atoms with Gasteiger partial charge in [-0.2, -0.15) is 10.4 Å². The zero-order valence-corrected chi connectivity index (χ0v) is 16.4. The van der Waals surface area contributed by atoms with E-state index >= 15 is 0 Å². The minimum Gasteiger partial charge on any atom is -0.485 e. The van der Waals surface area contributed by atoms with Gasteiger partial charge in [0.1, 0.15) is 23.9 Å². The van der Waals surface area contributed by atoms with E-state index in [-0.39, 0.29) is 12.3 Å². The van der Waals surface area contributed by atoms with Gasteiger partial charge in [0.05, 0.1) is 15.2 Å². The number of aromatic amines is 1. The second-order valence-electron chi connectivity index (χ2n) is 5.27. The quantitative estimate of drug-likeness (QED) is 0.561. The summed E-state index contributed by atoms with van der Waals surface area (Å²) in [6.07, 6.45) is 0. The van der Waals surface area contributed by atoms with Crippen molar-refractivity contribution in [3.05, 3.63) is 66.9 Å². The first-order valence-corrected chi connectivity index (χ1v) is 8.83. The Balaban J connectivity index is 1.79. The molecule has 7 nitrogen and oxygen atoms in total. The number of rotatable bonds is 5. The summed E-state index contributed by atoms with van der Waals surface area (Å²) in [5, 5.41) is 15.7. The molecule has 2 aromatic carbocycles. The van der Waals surface area contributed by atoms with Crippen LogP contribution >= 0.6 is 34.2 Å². The average Bonchev–Trinajstić information content (AvgIpc) is 2.93. The van der Waals surface area contributed by atoms with Gasteiger partial charge >= 0.3 is 5.69 Å². The molecule has 1 aromatic heterocycles. The van der Waals surface area contributed by atoms with Crippen molar-refractivity contribution in [2.45, 2.75) is 6.61 Å². The predicted molar refractivity (Wildman–Crippen MR) is 104 cm³/mol. The summed E-state index contributed by atoms with van der Waals surface area (Å²) in [6, 6.07) is 12.2. The van der Waals surface area contributed by atoms with E-state index in [9.17, 15) is 4.79 Å². The summed E-state index contributed by atoms with van der Waals surface area (Å²) in [5.74, 6) is 2.05. The molecule has 0 saturated carbocycles. The van der Waals surface area contributed by atoms with Crippen LogP contribution in [0.1, 0.15) is 11.4 Å². The predicted octanol–water partition coefficient (Wildman–Crippen LogP) is 3.61. The lowest BCUT2D eigenvalue weighted by Gasteiger charge is -2.11. The van der Waals surface area contributed by atoms with Crippen LogP contribution in [0.3, 0.4) is 0 Å². The third-order valence-electron chi connectivity index (χ3n) is 3.47. The number of hydrogen-bond donors (Lipinski definition) is 1. The van der Waals surface area contributed by atoms with E-state index in [1.165, 1.54) is 4.57 Å². The molecule has 0 spiro atoms. The van der Waals surface area contributed by atoms with Crippen LogP contribution in [0, 0.1) is 14.9 Å². The van der Waals surface area contributed by atoms with Crippen molar-refractivity contribution in [3.8, 4) is 23.3 Å². The molecule has 0 atom stereocenters. The van der Waals surface area contributed by atoms with Crippen molar-refractivity contribution in [2.75, 3.05) is 0 Å². The third-order valence-corrected chi connectivity index (χ3v) is 4.58. The number of benzene rings is 2. The monoisotopic (exact) mass is 482 g/mol. The molecule has 1 heterocycles. The number of H-pyrrole nitrogens is 1. The van der Waals surface area contributed by atoms with E-state index in [1.807, 2.05) is 12.1 Å². The molecule has 0 fully saturated rings. The molecule has 26 heavy (non-hydrogen) atoms. The molecule has 0 aliphatic carbocycles. The molecule has 3 rings (SSSR count). The molecule has 0 bridgehead atoms. The van der Waals surface area contributed by atoms with Gasteiger partial charge in [0, 0.05) is 18.1 Å². The SMILES string of the molecule is Cn1c(COc2ccc(I)c(Oc3cc(Cl)cc(C#N)c3)c2)n[nH]c1=O. The van der Waals surface area contributed by atoms with Gasteiger partial charge in [-0.3, -0.25) is 4.57 Å². The summed E-state index contributed by atoms with van der Waals surface area (Å²) in [7, 11) is 1.61. The normalized spacial score (nSPS) is 10.4. The Hall–Kier alpha value is -2.51. The van der Waals surface area contributed by atoms with Crippen LogP contribution in [-0.2, 0) is 13.7 Å². The van der Waals surface area contributed by atoms with Crippen LogP contribution in [0.5, 0.6) is 17.2 Å². The fourth-order valence-corrected chi connectivity index (χ4v) is 2.79. The molecule has 0 aliphatic heterocycles. The number of ether oxygens (including phenoxy) is 2. The van der Waals surface area contributed by atoms with E-state index < -0.39 is 0 Å². The standard InChI is InChI=1S/C17H12ClIN4O3/c1-23-16(21-22-17(23)24)9-25-12-2-3-14(19)15(7-12)26-13-5-10(8-20)4-11(18)6-13/h2-7H,9H2,1H3,(H,22,24). The molecule has 0 saturated heterocycles. The van der Waals surface area contributed by atoms with Gasteiger partial charge in [-0.1, -0.05) is 11.6 Å². The van der Waals surface area contributed by atoms with E-state index in [0.29, 0.717) is 33.7 Å². The van der Waals surface area contributed by atoms with Gasteiger partial charge in [0.25, 0.3) is 0 Å². The Labute approximate surface area is 167 Å². The second kappa shape index (κ2) is 7.80. The third kappa shape index (κ3) is 4.17.